The molecule has 4 N–H and O–H groups in total. The first-order valence-electron chi connectivity index (χ1n) is 10.0. The molecule has 1 saturated carbocycles. The van der Waals surface area contributed by atoms with Gasteiger partial charge in [0.15, 0.2) is 11.3 Å². The maximum Gasteiger partial charge on any atom is 0.404 e. The van der Waals surface area contributed by atoms with Gasteiger partial charge < -0.3 is 21.1 Å². The summed E-state index contributed by atoms with van der Waals surface area (Å²) >= 11 is 0. The molecule has 2 amide bonds. The minimum Gasteiger partial charge on any atom is -0.465 e. The van der Waals surface area contributed by atoms with Gasteiger partial charge in [-0.05, 0) is 18.9 Å². The molecule has 4 rings (SSSR count). The van der Waals surface area contributed by atoms with Gasteiger partial charge in [-0.15, -0.1) is 0 Å². The lowest BCUT2D eigenvalue weighted by molar-refractivity contribution is 0.102. The van der Waals surface area contributed by atoms with Crippen molar-refractivity contribution >= 4 is 29.2 Å². The average Bonchev–Trinajstić information content (AvgIpc) is 3.32. The van der Waals surface area contributed by atoms with Crippen molar-refractivity contribution in [2.75, 3.05) is 10.6 Å². The van der Waals surface area contributed by atoms with Crippen LogP contribution in [0.15, 0.2) is 24.7 Å². The fourth-order valence-electron chi connectivity index (χ4n) is 3.89. The number of carboxylic acid groups (broad SMARTS) is 1. The number of hydrogen-bond donors (Lipinski definition) is 4. The number of amides is 2. The monoisotopic (exact) mass is 448 g/mol. The first-order valence-corrected chi connectivity index (χ1v) is 10.0. The number of fused-ring (bicyclic) bond motifs is 1. The molecule has 13 heteroatoms. The van der Waals surface area contributed by atoms with Crippen molar-refractivity contribution in [3.8, 4) is 0 Å². The van der Waals surface area contributed by atoms with E-state index in [1.54, 1.807) is 12.3 Å². The Kier molecular flexibility index (Phi) is 5.88. The molecule has 3 aromatic heterocycles. The number of nitrogens with one attached hydrogen (secondary N) is 3. The van der Waals surface area contributed by atoms with Crippen LogP contribution in [0.2, 0.25) is 0 Å². The Labute approximate surface area is 180 Å². The second kappa shape index (κ2) is 8.77. The van der Waals surface area contributed by atoms with E-state index >= 15 is 0 Å². The highest BCUT2D eigenvalue weighted by atomic mass is 19.3. The summed E-state index contributed by atoms with van der Waals surface area (Å²) in [6.45, 7) is 0. The number of aromatic nitrogens is 5. The van der Waals surface area contributed by atoms with Gasteiger partial charge >= 0.3 is 6.09 Å². The number of hydrogen-bond acceptors (Lipinski definition) is 6. The molecular weight excluding hydrogens is 426 g/mol. The quantitative estimate of drug-likeness (QED) is 0.455. The first-order chi connectivity index (χ1) is 15.3. The molecular formula is C19H22F2N8O3. The van der Waals surface area contributed by atoms with E-state index in [1.165, 1.54) is 28.6 Å². The maximum absolute atomic E-state index is 13.2. The third-order valence-electron chi connectivity index (χ3n) is 5.33. The number of anilines is 2. The van der Waals surface area contributed by atoms with Gasteiger partial charge in [-0.1, -0.05) is 12.8 Å². The summed E-state index contributed by atoms with van der Waals surface area (Å²) in [6, 6.07) is 1.26. The smallest absolute Gasteiger partial charge is 0.404 e. The molecule has 0 spiro atoms. The van der Waals surface area contributed by atoms with Gasteiger partial charge in [0.25, 0.3) is 12.3 Å². The number of rotatable bonds is 6. The van der Waals surface area contributed by atoms with Crippen molar-refractivity contribution in [1.29, 1.82) is 0 Å². The van der Waals surface area contributed by atoms with Crippen LogP contribution in [-0.2, 0) is 7.05 Å². The molecule has 0 saturated heterocycles. The Hall–Kier alpha value is -3.77. The third kappa shape index (κ3) is 4.45. The number of alkyl halides is 2. The largest absolute Gasteiger partial charge is 0.465 e. The van der Waals surface area contributed by atoms with E-state index in [9.17, 15) is 18.4 Å². The number of carbonyl (C=O) groups is 2. The second-order valence-electron chi connectivity index (χ2n) is 7.59. The summed E-state index contributed by atoms with van der Waals surface area (Å²) in [4.78, 5) is 28.3. The summed E-state index contributed by atoms with van der Waals surface area (Å²) in [5.41, 5.74) is -0.289. The molecule has 170 valence electrons. The summed E-state index contributed by atoms with van der Waals surface area (Å²) in [7, 11) is 1.48. The molecule has 1 fully saturated rings. The van der Waals surface area contributed by atoms with Crippen molar-refractivity contribution in [1.82, 2.24) is 29.7 Å². The van der Waals surface area contributed by atoms with Crippen molar-refractivity contribution in [3.63, 3.8) is 0 Å². The van der Waals surface area contributed by atoms with E-state index in [4.69, 9.17) is 5.11 Å². The Morgan fingerprint density at radius 3 is 2.72 bits per heavy atom. The fourth-order valence-corrected chi connectivity index (χ4v) is 3.89. The molecule has 11 nitrogen and oxygen atoms in total. The first kappa shape index (κ1) is 21.5. The van der Waals surface area contributed by atoms with E-state index in [-0.39, 0.29) is 29.0 Å². The van der Waals surface area contributed by atoms with Crippen molar-refractivity contribution in [2.45, 2.75) is 44.2 Å². The molecule has 0 aromatic carbocycles. The zero-order chi connectivity index (χ0) is 22.8. The van der Waals surface area contributed by atoms with Crippen LogP contribution in [0.5, 0.6) is 0 Å². The van der Waals surface area contributed by atoms with Gasteiger partial charge in [-0.3, -0.25) is 9.48 Å². The van der Waals surface area contributed by atoms with Crippen LogP contribution in [0.3, 0.4) is 0 Å². The van der Waals surface area contributed by atoms with Crippen molar-refractivity contribution in [2.24, 2.45) is 7.05 Å². The topological polar surface area (TPSA) is 138 Å². The van der Waals surface area contributed by atoms with Gasteiger partial charge in [0.2, 0.25) is 0 Å². The summed E-state index contributed by atoms with van der Waals surface area (Å²) in [5.74, 6) is -0.201. The highest BCUT2D eigenvalue weighted by molar-refractivity contribution is 6.08. The summed E-state index contributed by atoms with van der Waals surface area (Å²) < 4.78 is 28.9. The molecule has 1 aliphatic rings. The lowest BCUT2D eigenvalue weighted by Gasteiger charge is -2.32. The molecule has 1 aliphatic carbocycles. The lowest BCUT2D eigenvalue weighted by atomic mass is 9.90. The molecule has 3 aromatic rings. The Bertz CT molecular complexity index is 1140. The average molecular weight is 448 g/mol. The van der Waals surface area contributed by atoms with E-state index in [0.29, 0.717) is 12.2 Å². The van der Waals surface area contributed by atoms with E-state index in [1.807, 2.05) is 0 Å². The van der Waals surface area contributed by atoms with Gasteiger partial charge in [-0.25, -0.2) is 23.1 Å². The van der Waals surface area contributed by atoms with E-state index in [0.717, 1.165) is 19.3 Å². The Morgan fingerprint density at radius 1 is 1.25 bits per heavy atom. The molecule has 3 heterocycles. The number of carbonyl (C=O) groups excluding carboxylic acids is 1. The highest BCUT2D eigenvalue weighted by Crippen LogP contribution is 2.26. The highest BCUT2D eigenvalue weighted by Gasteiger charge is 2.27. The molecule has 2 atom stereocenters. The normalized spacial score (nSPS) is 18.6. The summed E-state index contributed by atoms with van der Waals surface area (Å²) in [6.07, 6.45) is 3.64. The molecule has 0 unspecified atom stereocenters. The fraction of sp³-hybridized carbons (Fsp3) is 0.421. The van der Waals surface area contributed by atoms with Crippen molar-refractivity contribution < 1.29 is 23.5 Å². The summed E-state index contributed by atoms with van der Waals surface area (Å²) in [5, 5.41) is 25.1. The minimum absolute atomic E-state index is 0.0917. The van der Waals surface area contributed by atoms with Crippen LogP contribution in [0.4, 0.5) is 25.1 Å². The predicted molar refractivity (Wildman–Crippen MR) is 110 cm³/mol. The number of nitrogens with zero attached hydrogens (tertiary/aromatic N) is 5. The van der Waals surface area contributed by atoms with Crippen LogP contribution < -0.4 is 16.0 Å². The predicted octanol–water partition coefficient (Wildman–Crippen LogP) is 2.64. The zero-order valence-corrected chi connectivity index (χ0v) is 17.1. The Morgan fingerprint density at radius 2 is 2.00 bits per heavy atom. The maximum atomic E-state index is 13.2. The second-order valence-corrected chi connectivity index (χ2v) is 7.59. The molecule has 32 heavy (non-hydrogen) atoms. The molecule has 0 bridgehead atoms. The van der Waals surface area contributed by atoms with Gasteiger partial charge in [-0.2, -0.15) is 10.2 Å². The van der Waals surface area contributed by atoms with Crippen LogP contribution in [0.25, 0.3) is 5.65 Å². The van der Waals surface area contributed by atoms with Crippen LogP contribution >= 0.6 is 0 Å². The van der Waals surface area contributed by atoms with E-state index < -0.39 is 24.1 Å². The third-order valence-corrected chi connectivity index (χ3v) is 5.33. The lowest BCUT2D eigenvalue weighted by Crippen LogP contribution is -2.48. The van der Waals surface area contributed by atoms with Gasteiger partial charge in [0, 0.05) is 25.5 Å². The molecule has 0 radical (unpaired) electrons. The van der Waals surface area contributed by atoms with Crippen LogP contribution in [0, 0.1) is 0 Å². The SMILES string of the molecule is Cn1cc(NC(=O)c2cnn3ccc(N[C@@H]4CCCC[C@@H]4NC(=O)O)nc23)c(C(F)F)n1. The minimum atomic E-state index is -2.84. The van der Waals surface area contributed by atoms with Crippen LogP contribution in [0.1, 0.15) is 48.2 Å². The van der Waals surface area contributed by atoms with Gasteiger partial charge in [0.1, 0.15) is 11.4 Å². The van der Waals surface area contributed by atoms with Crippen LogP contribution in [-0.4, -0.2) is 53.6 Å². The zero-order valence-electron chi connectivity index (χ0n) is 17.1. The van der Waals surface area contributed by atoms with Gasteiger partial charge in [0.05, 0.1) is 17.9 Å². The standard InChI is InChI=1S/C19H22F2N8O3/c1-28-9-13(15(27-28)16(20)21)24-18(30)10-8-22-29-7-6-14(26-17(10)29)23-11-4-2-3-5-12(11)25-19(31)32/h6-9,11-12,16,25H,2-5H2,1H3,(H,23,26)(H,24,30)(H,31,32)/t11-,12+/m1/s1. The molecule has 0 aliphatic heterocycles. The Balaban J connectivity index is 1.56. The van der Waals surface area contributed by atoms with E-state index in [2.05, 4.69) is 31.1 Å². The number of aryl methyl sites for hydroxylation is 1. The number of halogens is 2. The van der Waals surface area contributed by atoms with Crippen molar-refractivity contribution in [3.05, 3.63) is 35.9 Å².